The number of rotatable bonds is 13. The van der Waals surface area contributed by atoms with Gasteiger partial charge in [-0.1, -0.05) is 50.2 Å². The van der Waals surface area contributed by atoms with E-state index in [-0.39, 0.29) is 12.5 Å². The summed E-state index contributed by atoms with van der Waals surface area (Å²) in [6, 6.07) is 24.6. The average Bonchev–Trinajstić information content (AvgIpc) is 2.82. The van der Waals surface area contributed by atoms with Gasteiger partial charge in [0.05, 0.1) is 18.8 Å². The van der Waals surface area contributed by atoms with E-state index in [9.17, 15) is 4.79 Å². The largest absolute Gasteiger partial charge is 0.494 e. The molecule has 6 nitrogen and oxygen atoms in total. The van der Waals surface area contributed by atoms with Gasteiger partial charge in [0, 0.05) is 11.8 Å². The lowest BCUT2D eigenvalue weighted by molar-refractivity contribution is -0.114. The lowest BCUT2D eigenvalue weighted by Crippen LogP contribution is -2.22. The quantitative estimate of drug-likeness (QED) is 0.332. The van der Waals surface area contributed by atoms with E-state index < -0.39 is 0 Å². The minimum atomic E-state index is -0.169. The third-order valence-electron chi connectivity index (χ3n) is 4.77. The summed E-state index contributed by atoms with van der Waals surface area (Å²) in [6.45, 7) is 5.91. The second-order valence-electron chi connectivity index (χ2n) is 7.97. The molecule has 2 N–H and O–H groups in total. The molecule has 174 valence electrons. The molecule has 0 saturated heterocycles. The van der Waals surface area contributed by atoms with Crippen LogP contribution < -0.4 is 24.8 Å². The number of carbonyl (C=O) groups excluding carboxylic acids is 1. The van der Waals surface area contributed by atoms with Crippen molar-refractivity contribution in [1.82, 2.24) is 0 Å². The molecule has 0 unspecified atom stereocenters. The van der Waals surface area contributed by atoms with Crippen LogP contribution in [0.1, 0.15) is 20.3 Å². The fourth-order valence-corrected chi connectivity index (χ4v) is 3.01. The molecule has 0 aliphatic heterocycles. The van der Waals surface area contributed by atoms with Crippen molar-refractivity contribution in [2.45, 2.75) is 20.3 Å². The minimum Gasteiger partial charge on any atom is -0.494 e. The molecular weight excluding hydrogens is 416 g/mol. The van der Waals surface area contributed by atoms with Crippen molar-refractivity contribution in [3.63, 3.8) is 0 Å². The summed E-state index contributed by atoms with van der Waals surface area (Å²) in [4.78, 5) is 12.5. The molecule has 0 aromatic heterocycles. The number of anilines is 2. The third kappa shape index (κ3) is 8.77. The number of hydrogen-bond acceptors (Lipinski definition) is 5. The maximum atomic E-state index is 12.5. The Balaban J connectivity index is 1.44. The van der Waals surface area contributed by atoms with Gasteiger partial charge in [0.15, 0.2) is 0 Å². The number of hydrogen-bond donors (Lipinski definition) is 2. The van der Waals surface area contributed by atoms with E-state index in [0.29, 0.717) is 37.2 Å². The second kappa shape index (κ2) is 13.0. The van der Waals surface area contributed by atoms with Gasteiger partial charge in [-0.15, -0.1) is 0 Å². The topological polar surface area (TPSA) is 68.8 Å². The SMILES string of the molecule is CC(C)CCOc1cccc(NCC(=O)Nc2ccccc2OCCOc2ccccc2)c1. The molecule has 0 atom stereocenters. The highest BCUT2D eigenvalue weighted by Crippen LogP contribution is 2.24. The Labute approximate surface area is 195 Å². The van der Waals surface area contributed by atoms with Crippen molar-refractivity contribution in [2.24, 2.45) is 5.92 Å². The second-order valence-corrected chi connectivity index (χ2v) is 7.97. The van der Waals surface area contributed by atoms with Crippen LogP contribution >= 0.6 is 0 Å². The van der Waals surface area contributed by atoms with Crippen LogP contribution in [0, 0.1) is 5.92 Å². The van der Waals surface area contributed by atoms with E-state index in [1.165, 1.54) is 0 Å². The van der Waals surface area contributed by atoms with Gasteiger partial charge in [-0.25, -0.2) is 0 Å². The zero-order valence-corrected chi connectivity index (χ0v) is 19.3. The van der Waals surface area contributed by atoms with Crippen LogP contribution in [0.2, 0.25) is 0 Å². The van der Waals surface area contributed by atoms with Gasteiger partial charge in [0.2, 0.25) is 5.91 Å². The smallest absolute Gasteiger partial charge is 0.243 e. The molecule has 0 fully saturated rings. The van der Waals surface area contributed by atoms with Crippen molar-refractivity contribution in [1.29, 1.82) is 0 Å². The summed E-state index contributed by atoms with van der Waals surface area (Å²) in [5, 5.41) is 6.04. The van der Waals surface area contributed by atoms with Gasteiger partial charge < -0.3 is 24.8 Å². The van der Waals surface area contributed by atoms with Gasteiger partial charge in [0.25, 0.3) is 0 Å². The van der Waals surface area contributed by atoms with Gasteiger partial charge >= 0.3 is 0 Å². The molecule has 3 rings (SSSR count). The Kier molecular flexibility index (Phi) is 9.45. The molecule has 0 saturated carbocycles. The zero-order valence-electron chi connectivity index (χ0n) is 19.3. The van der Waals surface area contributed by atoms with Crippen molar-refractivity contribution < 1.29 is 19.0 Å². The van der Waals surface area contributed by atoms with Crippen molar-refractivity contribution >= 4 is 17.3 Å². The fraction of sp³-hybridized carbons (Fsp3) is 0.296. The summed E-state index contributed by atoms with van der Waals surface area (Å²) >= 11 is 0. The molecule has 3 aromatic rings. The number of ether oxygens (including phenoxy) is 3. The maximum Gasteiger partial charge on any atom is 0.243 e. The van der Waals surface area contributed by atoms with Crippen LogP contribution in [0.5, 0.6) is 17.2 Å². The van der Waals surface area contributed by atoms with Gasteiger partial charge in [-0.05, 0) is 48.7 Å². The minimum absolute atomic E-state index is 0.126. The predicted octanol–water partition coefficient (Wildman–Crippen LogP) is 5.62. The first kappa shape index (κ1) is 24.0. The molecule has 33 heavy (non-hydrogen) atoms. The predicted molar refractivity (Wildman–Crippen MR) is 132 cm³/mol. The van der Waals surface area contributed by atoms with E-state index in [0.717, 1.165) is 23.6 Å². The van der Waals surface area contributed by atoms with Crippen LogP contribution in [0.15, 0.2) is 78.9 Å². The molecule has 0 spiro atoms. The Bertz CT molecular complexity index is 992. The van der Waals surface area contributed by atoms with Crippen LogP contribution in [-0.4, -0.2) is 32.3 Å². The molecule has 3 aromatic carbocycles. The van der Waals surface area contributed by atoms with E-state index in [2.05, 4.69) is 24.5 Å². The van der Waals surface area contributed by atoms with Crippen LogP contribution in [0.3, 0.4) is 0 Å². The van der Waals surface area contributed by atoms with Crippen molar-refractivity contribution in [3.05, 3.63) is 78.9 Å². The van der Waals surface area contributed by atoms with Crippen LogP contribution in [-0.2, 0) is 4.79 Å². The lowest BCUT2D eigenvalue weighted by Gasteiger charge is -2.14. The van der Waals surface area contributed by atoms with Gasteiger partial charge in [-0.2, -0.15) is 0 Å². The van der Waals surface area contributed by atoms with Gasteiger partial charge in [-0.3, -0.25) is 4.79 Å². The monoisotopic (exact) mass is 448 g/mol. The highest BCUT2D eigenvalue weighted by molar-refractivity contribution is 5.95. The van der Waals surface area contributed by atoms with E-state index in [1.807, 2.05) is 78.9 Å². The molecule has 0 aliphatic rings. The first-order chi connectivity index (χ1) is 16.1. The number of para-hydroxylation sites is 3. The summed E-state index contributed by atoms with van der Waals surface area (Å²) in [5.74, 6) is 2.61. The molecule has 0 bridgehead atoms. The Morgan fingerprint density at radius 1 is 0.788 bits per heavy atom. The number of carbonyl (C=O) groups is 1. The Morgan fingerprint density at radius 2 is 1.48 bits per heavy atom. The third-order valence-corrected chi connectivity index (χ3v) is 4.77. The molecule has 6 heteroatoms. The fourth-order valence-electron chi connectivity index (χ4n) is 3.01. The molecular formula is C27H32N2O4. The number of amides is 1. The van der Waals surface area contributed by atoms with Crippen molar-refractivity contribution in [3.8, 4) is 17.2 Å². The summed E-state index contributed by atoms with van der Waals surface area (Å²) < 4.78 is 17.2. The average molecular weight is 449 g/mol. The lowest BCUT2D eigenvalue weighted by atomic mass is 10.1. The van der Waals surface area contributed by atoms with E-state index in [1.54, 1.807) is 0 Å². The zero-order chi connectivity index (χ0) is 23.3. The van der Waals surface area contributed by atoms with E-state index in [4.69, 9.17) is 14.2 Å². The van der Waals surface area contributed by atoms with Crippen molar-refractivity contribution in [2.75, 3.05) is 37.0 Å². The highest BCUT2D eigenvalue weighted by atomic mass is 16.5. The van der Waals surface area contributed by atoms with E-state index >= 15 is 0 Å². The number of benzene rings is 3. The molecule has 0 radical (unpaired) electrons. The molecule has 1 amide bonds. The standard InChI is InChI=1S/C27H32N2O4/c1-21(2)15-16-31-24-12-8-9-22(19-24)28-20-27(30)29-25-13-6-7-14-26(25)33-18-17-32-23-10-4-3-5-11-23/h3-14,19,21,28H,15-18,20H2,1-2H3,(H,29,30). The van der Waals surface area contributed by atoms with Gasteiger partial charge in [0.1, 0.15) is 30.5 Å². The summed E-state index contributed by atoms with van der Waals surface area (Å²) in [6.07, 6.45) is 1.000. The first-order valence-corrected chi connectivity index (χ1v) is 11.3. The number of nitrogens with one attached hydrogen (secondary N) is 2. The Morgan fingerprint density at radius 3 is 2.30 bits per heavy atom. The summed E-state index contributed by atoms with van der Waals surface area (Å²) in [7, 11) is 0. The summed E-state index contributed by atoms with van der Waals surface area (Å²) in [5.41, 5.74) is 1.45. The first-order valence-electron chi connectivity index (χ1n) is 11.3. The maximum absolute atomic E-state index is 12.5. The highest BCUT2D eigenvalue weighted by Gasteiger charge is 2.08. The normalized spacial score (nSPS) is 10.5. The van der Waals surface area contributed by atoms with Crippen LogP contribution in [0.4, 0.5) is 11.4 Å². The molecule has 0 heterocycles. The molecule has 0 aliphatic carbocycles. The van der Waals surface area contributed by atoms with Crippen LogP contribution in [0.25, 0.3) is 0 Å². The Hall–Kier alpha value is -3.67.